The van der Waals surface area contributed by atoms with Gasteiger partial charge in [-0.3, -0.25) is 9.69 Å². The van der Waals surface area contributed by atoms with Gasteiger partial charge in [0.25, 0.3) is 0 Å². The SMILES string of the molecule is O=C(OC1CC1)N1CCc2cc(C3(C(=O)Nc4ccc(F)cc4)CCC3)ccc21. The van der Waals surface area contributed by atoms with E-state index < -0.39 is 5.41 Å². The maximum absolute atomic E-state index is 13.1. The van der Waals surface area contributed by atoms with Gasteiger partial charge in [-0.15, -0.1) is 0 Å². The minimum Gasteiger partial charge on any atom is -0.446 e. The van der Waals surface area contributed by atoms with E-state index in [0.29, 0.717) is 12.2 Å². The number of nitrogens with zero attached hydrogens (tertiary/aromatic N) is 1. The molecule has 2 saturated carbocycles. The predicted molar refractivity (Wildman–Crippen MR) is 108 cm³/mol. The van der Waals surface area contributed by atoms with E-state index in [1.54, 1.807) is 17.0 Å². The van der Waals surface area contributed by atoms with Gasteiger partial charge in [0.2, 0.25) is 5.91 Å². The third-order valence-corrected chi connectivity index (χ3v) is 6.28. The maximum Gasteiger partial charge on any atom is 0.414 e. The molecule has 2 aliphatic carbocycles. The molecule has 0 aromatic heterocycles. The second-order valence-corrected chi connectivity index (χ2v) is 8.22. The average Bonchev–Trinajstić information content (AvgIpc) is 3.38. The average molecular weight is 394 g/mol. The van der Waals surface area contributed by atoms with Gasteiger partial charge in [0, 0.05) is 12.2 Å². The Morgan fingerprint density at radius 2 is 1.86 bits per heavy atom. The Morgan fingerprint density at radius 1 is 1.10 bits per heavy atom. The Kier molecular flexibility index (Phi) is 4.30. The highest BCUT2D eigenvalue weighted by Gasteiger charge is 2.46. The van der Waals surface area contributed by atoms with Crippen molar-refractivity contribution in [3.05, 3.63) is 59.4 Å². The molecule has 2 amide bonds. The van der Waals surface area contributed by atoms with E-state index in [1.165, 1.54) is 12.1 Å². The third kappa shape index (κ3) is 3.26. The molecule has 2 aromatic carbocycles. The van der Waals surface area contributed by atoms with Crippen LogP contribution >= 0.6 is 0 Å². The van der Waals surface area contributed by atoms with E-state index in [0.717, 1.165) is 55.3 Å². The number of nitrogens with one attached hydrogen (secondary N) is 1. The lowest BCUT2D eigenvalue weighted by molar-refractivity contribution is -0.124. The molecule has 29 heavy (non-hydrogen) atoms. The fraction of sp³-hybridized carbons (Fsp3) is 0.391. The number of carbonyl (C=O) groups is 2. The normalized spacial score (nSPS) is 19.3. The van der Waals surface area contributed by atoms with Gasteiger partial charge in [0.05, 0.1) is 11.1 Å². The van der Waals surface area contributed by atoms with E-state index in [1.807, 2.05) is 12.1 Å². The molecule has 6 heteroatoms. The summed E-state index contributed by atoms with van der Waals surface area (Å²) in [6, 6.07) is 11.8. The van der Waals surface area contributed by atoms with Gasteiger partial charge in [-0.05, 0) is 73.6 Å². The highest BCUT2D eigenvalue weighted by atomic mass is 19.1. The highest BCUT2D eigenvalue weighted by molar-refractivity contribution is 6.00. The molecule has 0 atom stereocenters. The molecule has 1 N–H and O–H groups in total. The number of ether oxygens (including phenoxy) is 1. The van der Waals surface area contributed by atoms with Crippen LogP contribution < -0.4 is 10.2 Å². The molecule has 0 spiro atoms. The number of anilines is 2. The van der Waals surface area contributed by atoms with Crippen molar-refractivity contribution in [2.75, 3.05) is 16.8 Å². The molecule has 0 saturated heterocycles. The van der Waals surface area contributed by atoms with Crippen LogP contribution in [0.1, 0.15) is 43.2 Å². The van der Waals surface area contributed by atoms with Crippen molar-refractivity contribution < 1.29 is 18.7 Å². The number of hydrogen-bond acceptors (Lipinski definition) is 3. The van der Waals surface area contributed by atoms with Crippen LogP contribution in [0.5, 0.6) is 0 Å². The van der Waals surface area contributed by atoms with Gasteiger partial charge in [0.15, 0.2) is 0 Å². The molecule has 5 rings (SSSR count). The molecule has 0 bridgehead atoms. The summed E-state index contributed by atoms with van der Waals surface area (Å²) in [6.07, 6.45) is 5.05. The first-order chi connectivity index (χ1) is 14.0. The first-order valence-corrected chi connectivity index (χ1v) is 10.2. The van der Waals surface area contributed by atoms with Gasteiger partial charge < -0.3 is 10.1 Å². The van der Waals surface area contributed by atoms with Crippen molar-refractivity contribution in [2.24, 2.45) is 0 Å². The molecule has 3 aliphatic rings. The Hall–Kier alpha value is -2.89. The Morgan fingerprint density at radius 3 is 2.52 bits per heavy atom. The van der Waals surface area contributed by atoms with E-state index in [9.17, 15) is 14.0 Å². The molecule has 2 aromatic rings. The van der Waals surface area contributed by atoms with Crippen LogP contribution in [0.2, 0.25) is 0 Å². The molecule has 0 unspecified atom stereocenters. The maximum atomic E-state index is 13.1. The molecular weight excluding hydrogens is 371 g/mol. The Bertz CT molecular complexity index is 965. The summed E-state index contributed by atoms with van der Waals surface area (Å²) in [5.41, 5.74) is 2.98. The second-order valence-electron chi connectivity index (χ2n) is 8.22. The van der Waals surface area contributed by atoms with E-state index in [-0.39, 0.29) is 23.9 Å². The number of amides is 2. The number of fused-ring (bicyclic) bond motifs is 1. The summed E-state index contributed by atoms with van der Waals surface area (Å²) in [5, 5.41) is 2.94. The van der Waals surface area contributed by atoms with Crippen LogP contribution in [0, 0.1) is 5.82 Å². The van der Waals surface area contributed by atoms with Gasteiger partial charge in [0.1, 0.15) is 11.9 Å². The Labute approximate surface area is 168 Å². The van der Waals surface area contributed by atoms with Gasteiger partial charge in [-0.2, -0.15) is 0 Å². The number of hydrogen-bond donors (Lipinski definition) is 1. The number of benzene rings is 2. The first-order valence-electron chi connectivity index (χ1n) is 10.2. The smallest absolute Gasteiger partial charge is 0.414 e. The van der Waals surface area contributed by atoms with Crippen molar-refractivity contribution in [1.82, 2.24) is 0 Å². The molecule has 1 aliphatic heterocycles. The van der Waals surface area contributed by atoms with Gasteiger partial charge in [-0.1, -0.05) is 18.6 Å². The van der Waals surface area contributed by atoms with E-state index in [4.69, 9.17) is 4.74 Å². The molecule has 5 nitrogen and oxygen atoms in total. The van der Waals surface area contributed by atoms with Crippen molar-refractivity contribution in [3.8, 4) is 0 Å². The number of rotatable bonds is 4. The summed E-state index contributed by atoms with van der Waals surface area (Å²) in [6.45, 7) is 0.610. The lowest BCUT2D eigenvalue weighted by atomic mass is 9.63. The molecule has 150 valence electrons. The quantitative estimate of drug-likeness (QED) is 0.828. The van der Waals surface area contributed by atoms with Crippen molar-refractivity contribution in [3.63, 3.8) is 0 Å². The molecular formula is C23H23FN2O3. The van der Waals surface area contributed by atoms with Crippen LogP contribution in [0.25, 0.3) is 0 Å². The third-order valence-electron chi connectivity index (χ3n) is 6.28. The van der Waals surface area contributed by atoms with Gasteiger partial charge in [-0.25, -0.2) is 9.18 Å². The summed E-state index contributed by atoms with van der Waals surface area (Å²) in [7, 11) is 0. The highest BCUT2D eigenvalue weighted by Crippen LogP contribution is 2.46. The summed E-state index contributed by atoms with van der Waals surface area (Å²) < 4.78 is 18.6. The van der Waals surface area contributed by atoms with Crippen LogP contribution in [0.3, 0.4) is 0 Å². The zero-order valence-corrected chi connectivity index (χ0v) is 16.1. The van der Waals surface area contributed by atoms with Crippen LogP contribution in [0.4, 0.5) is 20.6 Å². The van der Waals surface area contributed by atoms with Crippen LogP contribution in [-0.2, 0) is 21.4 Å². The van der Waals surface area contributed by atoms with Crippen molar-refractivity contribution >= 4 is 23.4 Å². The minimum atomic E-state index is -0.564. The summed E-state index contributed by atoms with van der Waals surface area (Å²) >= 11 is 0. The number of halogens is 1. The fourth-order valence-electron chi connectivity index (χ4n) is 4.24. The lowest BCUT2D eigenvalue weighted by Crippen LogP contribution is -2.46. The van der Waals surface area contributed by atoms with Crippen molar-refractivity contribution in [1.29, 1.82) is 0 Å². The van der Waals surface area contributed by atoms with Crippen molar-refractivity contribution in [2.45, 2.75) is 50.0 Å². The van der Waals surface area contributed by atoms with Crippen LogP contribution in [0.15, 0.2) is 42.5 Å². The first kappa shape index (κ1) is 18.2. The van der Waals surface area contributed by atoms with Gasteiger partial charge >= 0.3 is 6.09 Å². The second kappa shape index (κ2) is 6.87. The molecule has 2 fully saturated rings. The molecule has 1 heterocycles. The number of carbonyl (C=O) groups excluding carboxylic acids is 2. The zero-order chi connectivity index (χ0) is 20.0. The monoisotopic (exact) mass is 394 g/mol. The molecule has 0 radical (unpaired) electrons. The largest absolute Gasteiger partial charge is 0.446 e. The minimum absolute atomic E-state index is 0.0571. The summed E-state index contributed by atoms with van der Waals surface area (Å²) in [5.74, 6) is -0.386. The topological polar surface area (TPSA) is 58.6 Å². The fourth-order valence-corrected chi connectivity index (χ4v) is 4.24. The van der Waals surface area contributed by atoms with Crippen LogP contribution in [-0.4, -0.2) is 24.6 Å². The van der Waals surface area contributed by atoms with E-state index >= 15 is 0 Å². The predicted octanol–water partition coefficient (Wildman–Crippen LogP) is 4.55. The summed E-state index contributed by atoms with van der Waals surface area (Å²) in [4.78, 5) is 27.2. The zero-order valence-electron chi connectivity index (χ0n) is 16.1. The van der Waals surface area contributed by atoms with E-state index in [2.05, 4.69) is 11.4 Å². The Balaban J connectivity index is 1.37. The standard InChI is InChI=1S/C23H23FN2O3/c24-17-3-5-18(6-4-17)25-21(27)23(11-1-12-23)16-2-9-20-15(14-16)10-13-26(20)22(28)29-19-7-8-19/h2-6,9,14,19H,1,7-8,10-13H2,(H,25,27). The lowest BCUT2D eigenvalue weighted by Gasteiger charge is -2.41.